The van der Waals surface area contributed by atoms with E-state index < -0.39 is 14.9 Å². The quantitative estimate of drug-likeness (QED) is 0.469. The zero-order valence-electron chi connectivity index (χ0n) is 14.5. The number of piperazine rings is 1. The number of benzene rings is 2. The number of hydrogen-bond acceptors (Lipinski definition) is 7. The minimum absolute atomic E-state index is 0.0291. The molecule has 2 aromatic carbocycles. The summed E-state index contributed by atoms with van der Waals surface area (Å²) in [6, 6.07) is 10.2. The Hall–Kier alpha value is -2.69. The Morgan fingerprint density at radius 3 is 2.39 bits per heavy atom. The lowest BCUT2D eigenvalue weighted by Gasteiger charge is -2.34. The maximum absolute atomic E-state index is 12.8. The molecule has 146 valence electrons. The van der Waals surface area contributed by atoms with E-state index >= 15 is 0 Å². The second-order valence-corrected chi connectivity index (χ2v) is 8.61. The van der Waals surface area contributed by atoms with Gasteiger partial charge >= 0.3 is 0 Å². The second-order valence-electron chi connectivity index (χ2n) is 6.26. The molecule has 0 spiro atoms. The van der Waals surface area contributed by atoms with E-state index in [9.17, 15) is 18.5 Å². The van der Waals surface area contributed by atoms with Crippen molar-refractivity contribution >= 4 is 44.1 Å². The van der Waals surface area contributed by atoms with Crippen LogP contribution >= 0.6 is 11.6 Å². The number of nitro benzene ring substituents is 1. The van der Waals surface area contributed by atoms with Crippen LogP contribution in [-0.2, 0) is 10.0 Å². The fourth-order valence-electron chi connectivity index (χ4n) is 3.18. The first-order valence-corrected chi connectivity index (χ1v) is 10.2. The Morgan fingerprint density at radius 2 is 1.75 bits per heavy atom. The zero-order valence-corrected chi connectivity index (χ0v) is 16.1. The highest BCUT2D eigenvalue weighted by Crippen LogP contribution is 2.33. The van der Waals surface area contributed by atoms with Crippen LogP contribution in [0.15, 0.2) is 51.9 Å². The lowest BCUT2D eigenvalue weighted by molar-refractivity contribution is -0.384. The molecule has 0 radical (unpaired) electrons. The van der Waals surface area contributed by atoms with Gasteiger partial charge < -0.3 is 9.42 Å². The van der Waals surface area contributed by atoms with E-state index in [-0.39, 0.29) is 23.7 Å². The van der Waals surface area contributed by atoms with Crippen molar-refractivity contribution in [2.45, 2.75) is 4.90 Å². The Morgan fingerprint density at radius 1 is 1.07 bits per heavy atom. The summed E-state index contributed by atoms with van der Waals surface area (Å²) in [6.45, 7) is 1.33. The highest BCUT2D eigenvalue weighted by Gasteiger charge is 2.30. The van der Waals surface area contributed by atoms with Crippen molar-refractivity contribution in [2.75, 3.05) is 31.1 Å². The third-order valence-electron chi connectivity index (χ3n) is 4.65. The maximum atomic E-state index is 12.8. The van der Waals surface area contributed by atoms with Crippen molar-refractivity contribution in [1.82, 2.24) is 9.46 Å². The summed E-state index contributed by atoms with van der Waals surface area (Å²) in [5.74, 6) is 0.591. The van der Waals surface area contributed by atoms with Gasteiger partial charge in [0.25, 0.3) is 5.69 Å². The summed E-state index contributed by atoms with van der Waals surface area (Å²) in [7, 11) is -3.73. The second kappa shape index (κ2) is 7.04. The Labute approximate surface area is 165 Å². The van der Waals surface area contributed by atoms with Gasteiger partial charge in [-0.3, -0.25) is 10.1 Å². The molecule has 1 saturated heterocycles. The van der Waals surface area contributed by atoms with Crippen molar-refractivity contribution in [3.8, 4) is 0 Å². The fourth-order valence-corrected chi connectivity index (χ4v) is 4.85. The van der Waals surface area contributed by atoms with Gasteiger partial charge in [0.15, 0.2) is 11.4 Å². The van der Waals surface area contributed by atoms with Crippen LogP contribution in [-0.4, -0.2) is 49.0 Å². The van der Waals surface area contributed by atoms with Crippen LogP contribution in [0.2, 0.25) is 5.02 Å². The lowest BCUT2D eigenvalue weighted by atomic mass is 10.2. The van der Waals surface area contributed by atoms with Crippen molar-refractivity contribution in [1.29, 1.82) is 0 Å². The lowest BCUT2D eigenvalue weighted by Crippen LogP contribution is -2.48. The molecule has 9 nitrogen and oxygen atoms in total. The zero-order chi connectivity index (χ0) is 19.9. The van der Waals surface area contributed by atoms with Crippen LogP contribution in [0.4, 0.5) is 11.5 Å². The average molecular weight is 423 g/mol. The molecular weight excluding hydrogens is 408 g/mol. The van der Waals surface area contributed by atoms with Crippen LogP contribution in [0, 0.1) is 10.1 Å². The molecule has 1 aliphatic rings. The molecule has 1 aromatic heterocycles. The molecule has 0 atom stereocenters. The number of anilines is 1. The van der Waals surface area contributed by atoms with Gasteiger partial charge in [0.1, 0.15) is 0 Å². The van der Waals surface area contributed by atoms with E-state index in [0.29, 0.717) is 34.9 Å². The fraction of sp³-hybridized carbons (Fsp3) is 0.235. The van der Waals surface area contributed by atoms with E-state index in [1.54, 1.807) is 18.2 Å². The summed E-state index contributed by atoms with van der Waals surface area (Å²) in [5, 5.41) is 16.1. The molecule has 0 N–H and O–H groups in total. The summed E-state index contributed by atoms with van der Waals surface area (Å²) in [5.41, 5.74) is 0.419. The van der Waals surface area contributed by atoms with Crippen molar-refractivity contribution < 1.29 is 17.9 Å². The van der Waals surface area contributed by atoms with Gasteiger partial charge in [-0.25, -0.2) is 8.42 Å². The van der Waals surface area contributed by atoms with Gasteiger partial charge in [0.2, 0.25) is 10.0 Å². The van der Waals surface area contributed by atoms with Gasteiger partial charge in [-0.15, -0.1) is 0 Å². The van der Waals surface area contributed by atoms with E-state index in [1.807, 2.05) is 4.90 Å². The van der Waals surface area contributed by atoms with Crippen LogP contribution < -0.4 is 4.90 Å². The molecule has 0 amide bonds. The monoisotopic (exact) mass is 422 g/mol. The first-order chi connectivity index (χ1) is 13.4. The number of nitro groups is 1. The third-order valence-corrected chi connectivity index (χ3v) is 6.88. The molecule has 28 heavy (non-hydrogen) atoms. The molecule has 4 rings (SSSR count). The number of fused-ring (bicyclic) bond motifs is 1. The predicted molar refractivity (Wildman–Crippen MR) is 103 cm³/mol. The first-order valence-electron chi connectivity index (χ1n) is 8.41. The van der Waals surface area contributed by atoms with Crippen LogP contribution in [0.3, 0.4) is 0 Å². The largest absolute Gasteiger partial charge is 0.354 e. The summed E-state index contributed by atoms with van der Waals surface area (Å²) >= 11 is 6.26. The minimum atomic E-state index is -3.73. The van der Waals surface area contributed by atoms with E-state index in [2.05, 4.69) is 5.16 Å². The maximum Gasteiger partial charge on any atom is 0.269 e. The van der Waals surface area contributed by atoms with E-state index in [4.69, 9.17) is 16.1 Å². The van der Waals surface area contributed by atoms with Crippen LogP contribution in [0.25, 0.3) is 11.0 Å². The number of hydrogen-bond donors (Lipinski definition) is 0. The average Bonchev–Trinajstić information content (AvgIpc) is 3.14. The molecule has 2 heterocycles. The standard InChI is InChI=1S/C17H15ClN4O5S/c18-14-2-1-3-15-16(14)17(19-27-15)20-8-10-21(11-9-20)28(25,26)13-6-4-12(5-7-13)22(23)24/h1-7H,8-11H2. The Balaban J connectivity index is 1.52. The van der Waals surface area contributed by atoms with E-state index in [1.165, 1.54) is 28.6 Å². The molecule has 0 saturated carbocycles. The molecular formula is C17H15ClN4O5S. The van der Waals surface area contributed by atoms with E-state index in [0.717, 1.165) is 0 Å². The molecule has 3 aromatic rings. The summed E-state index contributed by atoms with van der Waals surface area (Å²) in [6.07, 6.45) is 0. The van der Waals surface area contributed by atoms with Crippen molar-refractivity contribution in [3.63, 3.8) is 0 Å². The molecule has 1 aliphatic heterocycles. The van der Waals surface area contributed by atoms with Gasteiger partial charge in [-0.2, -0.15) is 4.31 Å². The summed E-state index contributed by atoms with van der Waals surface area (Å²) < 4.78 is 32.3. The predicted octanol–water partition coefficient (Wildman–Crippen LogP) is 2.90. The molecule has 0 aliphatic carbocycles. The summed E-state index contributed by atoms with van der Waals surface area (Å²) in [4.78, 5) is 12.1. The molecule has 0 bridgehead atoms. The SMILES string of the molecule is O=[N+]([O-])c1ccc(S(=O)(=O)N2CCN(c3noc4cccc(Cl)c34)CC2)cc1. The van der Waals surface area contributed by atoms with Crippen molar-refractivity contribution in [3.05, 3.63) is 57.6 Å². The number of sulfonamides is 1. The topological polar surface area (TPSA) is 110 Å². The first kappa shape index (κ1) is 18.7. The third kappa shape index (κ3) is 3.19. The number of non-ortho nitro benzene ring substituents is 1. The Bertz CT molecular complexity index is 1140. The van der Waals surface area contributed by atoms with Crippen LogP contribution in [0.5, 0.6) is 0 Å². The number of halogens is 1. The van der Waals surface area contributed by atoms with Crippen LogP contribution in [0.1, 0.15) is 0 Å². The van der Waals surface area contributed by atoms with Crippen molar-refractivity contribution in [2.24, 2.45) is 0 Å². The van der Waals surface area contributed by atoms with Gasteiger partial charge in [0.05, 0.1) is 20.2 Å². The van der Waals surface area contributed by atoms with Gasteiger partial charge in [-0.1, -0.05) is 22.8 Å². The molecule has 1 fully saturated rings. The highest BCUT2D eigenvalue weighted by atomic mass is 35.5. The van der Waals surface area contributed by atoms with Gasteiger partial charge in [-0.05, 0) is 24.3 Å². The van der Waals surface area contributed by atoms with Gasteiger partial charge in [0, 0.05) is 38.3 Å². The number of aromatic nitrogens is 1. The normalized spacial score (nSPS) is 15.8. The smallest absolute Gasteiger partial charge is 0.269 e. The highest BCUT2D eigenvalue weighted by molar-refractivity contribution is 7.89. The minimum Gasteiger partial charge on any atom is -0.354 e. The number of rotatable bonds is 4. The molecule has 0 unspecified atom stereocenters. The Kier molecular flexibility index (Phi) is 4.69. The number of nitrogens with zero attached hydrogens (tertiary/aromatic N) is 4. The molecule has 11 heteroatoms.